The van der Waals surface area contributed by atoms with Crippen LogP contribution in [0.4, 0.5) is 0 Å². The lowest BCUT2D eigenvalue weighted by Gasteiger charge is -2.47. The molecular formula is C11H24O2. The third-order valence-corrected chi connectivity index (χ3v) is 3.56. The molecule has 0 spiro atoms. The first-order valence-electron chi connectivity index (χ1n) is 5.04. The summed E-state index contributed by atoms with van der Waals surface area (Å²) in [5, 5.41) is 9.49. The largest absolute Gasteiger partial charge is 0.393 e. The maximum absolute atomic E-state index is 9.49. The minimum Gasteiger partial charge on any atom is -0.393 e. The summed E-state index contributed by atoms with van der Waals surface area (Å²) >= 11 is 0. The van der Waals surface area contributed by atoms with Crippen molar-refractivity contribution >= 4 is 0 Å². The zero-order chi connectivity index (χ0) is 10.7. The highest BCUT2D eigenvalue weighted by atomic mass is 16.5. The third kappa shape index (κ3) is 2.05. The number of hydrogen-bond acceptors (Lipinski definition) is 2. The maximum atomic E-state index is 9.49. The molecule has 0 aliphatic carbocycles. The summed E-state index contributed by atoms with van der Waals surface area (Å²) in [4.78, 5) is 0. The molecule has 0 fully saturated rings. The van der Waals surface area contributed by atoms with Crippen molar-refractivity contribution in [1.82, 2.24) is 0 Å². The Hall–Kier alpha value is -0.0800. The quantitative estimate of drug-likeness (QED) is 0.718. The second-order valence-corrected chi connectivity index (χ2v) is 4.64. The molecule has 0 unspecified atom stereocenters. The van der Waals surface area contributed by atoms with Crippen molar-refractivity contribution in [1.29, 1.82) is 0 Å². The van der Waals surface area contributed by atoms with Gasteiger partial charge in [0.2, 0.25) is 0 Å². The van der Waals surface area contributed by atoms with Gasteiger partial charge in [-0.1, -0.05) is 34.6 Å². The van der Waals surface area contributed by atoms with E-state index < -0.39 is 5.60 Å². The highest BCUT2D eigenvalue weighted by Gasteiger charge is 2.46. The maximum Gasteiger partial charge on any atom is 0.0981 e. The molecule has 80 valence electrons. The Balaban J connectivity index is 4.97. The van der Waals surface area contributed by atoms with Gasteiger partial charge in [-0.05, 0) is 17.8 Å². The van der Waals surface area contributed by atoms with Gasteiger partial charge in [-0.25, -0.2) is 0 Å². The van der Waals surface area contributed by atoms with Crippen LogP contribution in [0.2, 0.25) is 0 Å². The van der Waals surface area contributed by atoms with Gasteiger partial charge in [0.05, 0.1) is 12.2 Å². The zero-order valence-electron chi connectivity index (χ0n) is 9.85. The number of aliphatic hydroxyl groups is 1. The van der Waals surface area contributed by atoms with E-state index in [1.807, 2.05) is 0 Å². The van der Waals surface area contributed by atoms with Crippen LogP contribution in [-0.4, -0.2) is 24.4 Å². The lowest BCUT2D eigenvalue weighted by Crippen LogP contribution is -2.53. The highest BCUT2D eigenvalue weighted by molar-refractivity contribution is 4.96. The number of methoxy groups -OCH3 is 1. The molecule has 0 bridgehead atoms. The molecule has 2 heteroatoms. The smallest absolute Gasteiger partial charge is 0.0981 e. The van der Waals surface area contributed by atoms with Crippen molar-refractivity contribution in [2.75, 3.05) is 13.7 Å². The Morgan fingerprint density at radius 3 is 1.85 bits per heavy atom. The fraction of sp³-hybridized carbons (Fsp3) is 1.00. The van der Waals surface area contributed by atoms with Crippen molar-refractivity contribution in [3.05, 3.63) is 0 Å². The van der Waals surface area contributed by atoms with Gasteiger partial charge in [-0.2, -0.15) is 0 Å². The zero-order valence-corrected chi connectivity index (χ0v) is 9.85. The van der Waals surface area contributed by atoms with Gasteiger partial charge in [0.15, 0.2) is 0 Å². The second-order valence-electron chi connectivity index (χ2n) is 4.64. The van der Waals surface area contributed by atoms with Crippen molar-refractivity contribution in [3.63, 3.8) is 0 Å². The van der Waals surface area contributed by atoms with Crippen molar-refractivity contribution in [2.24, 2.45) is 11.3 Å². The minimum absolute atomic E-state index is 0.00463. The number of ether oxygens (including phenoxy) is 1. The number of aliphatic hydroxyl groups excluding tert-OH is 1. The third-order valence-electron chi connectivity index (χ3n) is 3.56. The fourth-order valence-electron chi connectivity index (χ4n) is 2.05. The van der Waals surface area contributed by atoms with Crippen LogP contribution in [-0.2, 0) is 4.74 Å². The summed E-state index contributed by atoms with van der Waals surface area (Å²) in [6.45, 7) is 10.7. The highest BCUT2D eigenvalue weighted by Crippen LogP contribution is 2.41. The van der Waals surface area contributed by atoms with E-state index in [0.717, 1.165) is 6.42 Å². The summed E-state index contributed by atoms with van der Waals surface area (Å²) in [7, 11) is 1.69. The van der Waals surface area contributed by atoms with Gasteiger partial charge in [0.25, 0.3) is 0 Å². The van der Waals surface area contributed by atoms with Crippen LogP contribution in [0.5, 0.6) is 0 Å². The van der Waals surface area contributed by atoms with E-state index in [4.69, 9.17) is 4.74 Å². The second kappa shape index (κ2) is 4.43. The normalized spacial score (nSPS) is 17.5. The summed E-state index contributed by atoms with van der Waals surface area (Å²) in [5.74, 6) is 0.317. The van der Waals surface area contributed by atoms with E-state index in [9.17, 15) is 5.11 Å². The summed E-state index contributed by atoms with van der Waals surface area (Å²) in [6, 6.07) is 0. The Morgan fingerprint density at radius 1 is 1.31 bits per heavy atom. The predicted octanol–water partition coefficient (Wildman–Crippen LogP) is 2.46. The molecular weight excluding hydrogens is 164 g/mol. The summed E-state index contributed by atoms with van der Waals surface area (Å²) in [5.41, 5.74) is -0.410. The average molecular weight is 188 g/mol. The monoisotopic (exact) mass is 188 g/mol. The first-order valence-corrected chi connectivity index (χ1v) is 5.04. The van der Waals surface area contributed by atoms with Crippen LogP contribution in [0, 0.1) is 11.3 Å². The average Bonchev–Trinajstić information content (AvgIpc) is 2.06. The molecule has 0 amide bonds. The molecule has 0 heterocycles. The van der Waals surface area contributed by atoms with Crippen molar-refractivity contribution < 1.29 is 9.84 Å². The number of rotatable bonds is 5. The molecule has 0 aliphatic heterocycles. The Morgan fingerprint density at radius 2 is 1.77 bits per heavy atom. The van der Waals surface area contributed by atoms with E-state index in [1.165, 1.54) is 0 Å². The molecule has 0 aromatic rings. The standard InChI is InChI=1S/C11H24O2/c1-7-10(4,5)11(8-12,13-6)9(2)3/h9,12H,7-8H2,1-6H3/t11-/m1/s1. The molecule has 0 aromatic carbocycles. The molecule has 0 aliphatic rings. The number of hydrogen-bond donors (Lipinski definition) is 1. The van der Waals surface area contributed by atoms with Gasteiger partial charge in [-0.15, -0.1) is 0 Å². The van der Waals surface area contributed by atoms with Gasteiger partial charge < -0.3 is 9.84 Å². The molecule has 2 nitrogen and oxygen atoms in total. The molecule has 1 N–H and O–H groups in total. The SMILES string of the molecule is CCC(C)(C)[C@](CO)(OC)C(C)C. The summed E-state index contributed by atoms with van der Waals surface area (Å²) in [6.07, 6.45) is 1.000. The van der Waals surface area contributed by atoms with E-state index in [1.54, 1.807) is 7.11 Å². The van der Waals surface area contributed by atoms with Crippen LogP contribution in [0.3, 0.4) is 0 Å². The van der Waals surface area contributed by atoms with Crippen LogP contribution in [0.15, 0.2) is 0 Å². The summed E-state index contributed by atoms with van der Waals surface area (Å²) < 4.78 is 5.55. The molecule has 13 heavy (non-hydrogen) atoms. The molecule has 0 saturated carbocycles. The van der Waals surface area contributed by atoms with Crippen LogP contribution >= 0.6 is 0 Å². The van der Waals surface area contributed by atoms with Crippen LogP contribution < -0.4 is 0 Å². The van der Waals surface area contributed by atoms with Gasteiger partial charge in [0, 0.05) is 7.11 Å². The van der Waals surface area contributed by atoms with Gasteiger partial charge in [-0.3, -0.25) is 0 Å². The topological polar surface area (TPSA) is 29.5 Å². The van der Waals surface area contributed by atoms with E-state index in [-0.39, 0.29) is 12.0 Å². The lowest BCUT2D eigenvalue weighted by atomic mass is 9.67. The predicted molar refractivity (Wildman–Crippen MR) is 55.7 cm³/mol. The Labute approximate surface area is 82.3 Å². The van der Waals surface area contributed by atoms with Crippen molar-refractivity contribution in [3.8, 4) is 0 Å². The first kappa shape index (κ1) is 12.9. The molecule has 0 aromatic heterocycles. The van der Waals surface area contributed by atoms with E-state index in [0.29, 0.717) is 5.92 Å². The van der Waals surface area contributed by atoms with E-state index >= 15 is 0 Å². The van der Waals surface area contributed by atoms with Gasteiger partial charge >= 0.3 is 0 Å². The Kier molecular flexibility index (Phi) is 4.40. The van der Waals surface area contributed by atoms with E-state index in [2.05, 4.69) is 34.6 Å². The lowest BCUT2D eigenvalue weighted by molar-refractivity contribution is -0.159. The molecule has 0 saturated heterocycles. The first-order chi connectivity index (χ1) is 5.88. The van der Waals surface area contributed by atoms with Crippen LogP contribution in [0.25, 0.3) is 0 Å². The fourth-order valence-corrected chi connectivity index (χ4v) is 2.05. The molecule has 0 rings (SSSR count). The van der Waals surface area contributed by atoms with Crippen molar-refractivity contribution in [2.45, 2.75) is 46.6 Å². The molecule has 0 radical (unpaired) electrons. The molecule has 1 atom stereocenters. The Bertz CT molecular complexity index is 146. The van der Waals surface area contributed by atoms with Crippen LogP contribution in [0.1, 0.15) is 41.0 Å². The van der Waals surface area contributed by atoms with Gasteiger partial charge in [0.1, 0.15) is 0 Å². The minimum atomic E-state index is -0.415.